The molecule has 0 fully saturated rings. The van der Waals surface area contributed by atoms with Gasteiger partial charge in [0.05, 0.1) is 10.6 Å². The Balaban J connectivity index is 1.90. The van der Waals surface area contributed by atoms with Crippen molar-refractivity contribution in [2.24, 2.45) is 4.99 Å². The maximum atomic E-state index is 12.1. The standard InChI is InChI=1S/C20H18ClNO2/c1-20(2,3)14-10-8-13(9-11-14)12-17-19(23)24-18(22-17)15-6-4-5-7-16(15)21/h4-12H,1-3H3/b17-12+. The number of hydrogen-bond donors (Lipinski definition) is 0. The molecule has 0 aromatic heterocycles. The van der Waals surface area contributed by atoms with E-state index in [1.807, 2.05) is 24.3 Å². The van der Waals surface area contributed by atoms with E-state index in [0.29, 0.717) is 10.6 Å². The predicted molar refractivity (Wildman–Crippen MR) is 97.2 cm³/mol. The number of esters is 1. The fourth-order valence-electron chi connectivity index (χ4n) is 2.40. The number of aliphatic imine (C=N–C) groups is 1. The van der Waals surface area contributed by atoms with Crippen molar-refractivity contribution in [3.8, 4) is 0 Å². The van der Waals surface area contributed by atoms with Crippen LogP contribution in [-0.2, 0) is 14.9 Å². The molecule has 0 saturated carbocycles. The minimum Gasteiger partial charge on any atom is -0.402 e. The smallest absolute Gasteiger partial charge is 0.363 e. The Hall–Kier alpha value is -2.39. The van der Waals surface area contributed by atoms with Gasteiger partial charge in [-0.3, -0.25) is 0 Å². The van der Waals surface area contributed by atoms with Gasteiger partial charge < -0.3 is 4.74 Å². The van der Waals surface area contributed by atoms with Crippen LogP contribution < -0.4 is 0 Å². The molecule has 1 aliphatic heterocycles. The van der Waals surface area contributed by atoms with E-state index >= 15 is 0 Å². The Bertz CT molecular complexity index is 843. The third-order valence-electron chi connectivity index (χ3n) is 3.80. The zero-order chi connectivity index (χ0) is 17.3. The molecule has 3 rings (SSSR count). The first-order valence-corrected chi connectivity index (χ1v) is 8.10. The van der Waals surface area contributed by atoms with Gasteiger partial charge in [-0.1, -0.05) is 68.8 Å². The Kier molecular flexibility index (Phi) is 4.29. The topological polar surface area (TPSA) is 38.7 Å². The molecule has 0 amide bonds. The van der Waals surface area contributed by atoms with Crippen molar-refractivity contribution < 1.29 is 9.53 Å². The fraction of sp³-hybridized carbons (Fsp3) is 0.200. The molecule has 3 nitrogen and oxygen atoms in total. The number of carbonyl (C=O) groups is 1. The van der Waals surface area contributed by atoms with Crippen LogP contribution in [0.15, 0.2) is 59.2 Å². The lowest BCUT2D eigenvalue weighted by molar-refractivity contribution is -0.129. The summed E-state index contributed by atoms with van der Waals surface area (Å²) >= 11 is 6.13. The number of carbonyl (C=O) groups excluding carboxylic acids is 1. The minimum absolute atomic E-state index is 0.0906. The average molecular weight is 340 g/mol. The van der Waals surface area contributed by atoms with Crippen molar-refractivity contribution in [1.82, 2.24) is 0 Å². The molecule has 0 atom stereocenters. The summed E-state index contributed by atoms with van der Waals surface area (Å²) in [6, 6.07) is 15.2. The van der Waals surface area contributed by atoms with E-state index < -0.39 is 5.97 Å². The Labute approximate surface area is 146 Å². The SMILES string of the molecule is CC(C)(C)c1ccc(/C=C2/N=C(c3ccccc3Cl)OC2=O)cc1. The minimum atomic E-state index is -0.468. The highest BCUT2D eigenvalue weighted by molar-refractivity contribution is 6.34. The molecule has 0 unspecified atom stereocenters. The van der Waals surface area contributed by atoms with Gasteiger partial charge in [0.2, 0.25) is 5.90 Å². The zero-order valence-corrected chi connectivity index (χ0v) is 14.6. The second-order valence-corrected chi connectivity index (χ2v) is 7.10. The van der Waals surface area contributed by atoms with E-state index in [-0.39, 0.29) is 17.0 Å². The normalized spacial score (nSPS) is 16.2. The third-order valence-corrected chi connectivity index (χ3v) is 4.13. The lowest BCUT2D eigenvalue weighted by Gasteiger charge is -2.18. The number of cyclic esters (lactones) is 1. The van der Waals surface area contributed by atoms with Gasteiger partial charge in [-0.15, -0.1) is 0 Å². The van der Waals surface area contributed by atoms with Crippen LogP contribution >= 0.6 is 11.6 Å². The molecule has 1 aliphatic rings. The molecule has 0 aliphatic carbocycles. The van der Waals surface area contributed by atoms with Crippen LogP contribution in [0.2, 0.25) is 5.02 Å². The van der Waals surface area contributed by atoms with Crippen molar-refractivity contribution in [3.63, 3.8) is 0 Å². The number of rotatable bonds is 2. The molecule has 24 heavy (non-hydrogen) atoms. The average Bonchev–Trinajstić information content (AvgIpc) is 2.88. The quantitative estimate of drug-likeness (QED) is 0.571. The first-order valence-electron chi connectivity index (χ1n) is 7.72. The molecule has 0 spiro atoms. The molecule has 0 bridgehead atoms. The highest BCUT2D eigenvalue weighted by Crippen LogP contribution is 2.25. The summed E-state index contributed by atoms with van der Waals surface area (Å²) in [5, 5.41) is 0.500. The van der Waals surface area contributed by atoms with Gasteiger partial charge in [-0.25, -0.2) is 9.79 Å². The van der Waals surface area contributed by atoms with E-state index in [9.17, 15) is 4.79 Å². The van der Waals surface area contributed by atoms with E-state index in [0.717, 1.165) is 5.56 Å². The van der Waals surface area contributed by atoms with Crippen molar-refractivity contribution in [1.29, 1.82) is 0 Å². The van der Waals surface area contributed by atoms with Gasteiger partial charge in [0.1, 0.15) is 0 Å². The van der Waals surface area contributed by atoms with Gasteiger partial charge in [-0.05, 0) is 34.8 Å². The molecule has 0 radical (unpaired) electrons. The van der Waals surface area contributed by atoms with E-state index in [1.165, 1.54) is 5.56 Å². The second kappa shape index (κ2) is 6.25. The van der Waals surface area contributed by atoms with Crippen LogP contribution in [0.5, 0.6) is 0 Å². The maximum Gasteiger partial charge on any atom is 0.363 e. The summed E-state index contributed by atoms with van der Waals surface area (Å²) in [7, 11) is 0. The molecule has 2 aromatic rings. The summed E-state index contributed by atoms with van der Waals surface area (Å²) in [5.74, 6) is -0.229. The van der Waals surface area contributed by atoms with Crippen LogP contribution in [0.4, 0.5) is 0 Å². The van der Waals surface area contributed by atoms with Crippen LogP contribution in [0.3, 0.4) is 0 Å². The first kappa shape index (κ1) is 16.5. The third kappa shape index (κ3) is 3.41. The van der Waals surface area contributed by atoms with Crippen LogP contribution in [0.1, 0.15) is 37.5 Å². The van der Waals surface area contributed by atoms with Gasteiger partial charge in [0.25, 0.3) is 0 Å². The van der Waals surface area contributed by atoms with Gasteiger partial charge >= 0.3 is 5.97 Å². The summed E-state index contributed by atoms with van der Waals surface area (Å²) in [6.07, 6.45) is 1.72. The Morgan fingerprint density at radius 3 is 2.33 bits per heavy atom. The van der Waals surface area contributed by atoms with E-state index in [4.69, 9.17) is 16.3 Å². The number of hydrogen-bond acceptors (Lipinski definition) is 3. The highest BCUT2D eigenvalue weighted by atomic mass is 35.5. The van der Waals surface area contributed by atoms with Crippen molar-refractivity contribution >= 4 is 29.5 Å². The van der Waals surface area contributed by atoms with Crippen molar-refractivity contribution in [2.75, 3.05) is 0 Å². The molecule has 2 aromatic carbocycles. The van der Waals surface area contributed by atoms with E-state index in [2.05, 4.69) is 37.9 Å². The summed E-state index contributed by atoms with van der Waals surface area (Å²) in [5.41, 5.74) is 3.11. The van der Waals surface area contributed by atoms with Crippen molar-refractivity contribution in [3.05, 3.63) is 75.9 Å². The molecule has 0 saturated heterocycles. The van der Waals surface area contributed by atoms with Gasteiger partial charge in [-0.2, -0.15) is 0 Å². The van der Waals surface area contributed by atoms with Gasteiger partial charge in [0, 0.05) is 0 Å². The summed E-state index contributed by atoms with van der Waals surface area (Å²) in [4.78, 5) is 16.3. The van der Waals surface area contributed by atoms with Crippen molar-refractivity contribution in [2.45, 2.75) is 26.2 Å². The predicted octanol–water partition coefficient (Wildman–Crippen LogP) is 4.98. The molecule has 1 heterocycles. The van der Waals surface area contributed by atoms with Crippen LogP contribution in [0.25, 0.3) is 6.08 Å². The highest BCUT2D eigenvalue weighted by Gasteiger charge is 2.25. The monoisotopic (exact) mass is 339 g/mol. The van der Waals surface area contributed by atoms with Crippen LogP contribution in [0, 0.1) is 0 Å². The maximum absolute atomic E-state index is 12.1. The molecular weight excluding hydrogens is 322 g/mol. The number of nitrogens with zero attached hydrogens (tertiary/aromatic N) is 1. The molecular formula is C20H18ClNO2. The molecule has 4 heteroatoms. The molecule has 122 valence electrons. The lowest BCUT2D eigenvalue weighted by atomic mass is 9.87. The fourth-order valence-corrected chi connectivity index (χ4v) is 2.61. The zero-order valence-electron chi connectivity index (χ0n) is 13.8. The first-order chi connectivity index (χ1) is 11.3. The Morgan fingerprint density at radius 2 is 1.71 bits per heavy atom. The number of halogens is 1. The Morgan fingerprint density at radius 1 is 1.04 bits per heavy atom. The largest absolute Gasteiger partial charge is 0.402 e. The number of ether oxygens (including phenoxy) is 1. The lowest BCUT2D eigenvalue weighted by Crippen LogP contribution is -2.10. The summed E-state index contributed by atoms with van der Waals surface area (Å²) in [6.45, 7) is 6.49. The number of benzene rings is 2. The van der Waals surface area contributed by atoms with Gasteiger partial charge in [0.15, 0.2) is 5.70 Å². The molecule has 0 N–H and O–H groups in total. The summed E-state index contributed by atoms with van der Waals surface area (Å²) < 4.78 is 5.25. The second-order valence-electron chi connectivity index (χ2n) is 6.69. The van der Waals surface area contributed by atoms with Crippen LogP contribution in [-0.4, -0.2) is 11.9 Å². The van der Waals surface area contributed by atoms with E-state index in [1.54, 1.807) is 18.2 Å².